The van der Waals surface area contributed by atoms with Gasteiger partial charge < -0.3 is 14.5 Å². The van der Waals surface area contributed by atoms with Crippen molar-refractivity contribution in [3.8, 4) is 5.69 Å². The Balaban J connectivity index is 1.14. The van der Waals surface area contributed by atoms with Crippen LogP contribution in [0.3, 0.4) is 0 Å². The van der Waals surface area contributed by atoms with E-state index in [-0.39, 0.29) is 59.4 Å². The first-order valence-corrected chi connectivity index (χ1v) is 18.5. The van der Waals surface area contributed by atoms with E-state index in [1.807, 2.05) is 42.5 Å². The van der Waals surface area contributed by atoms with Gasteiger partial charge in [-0.1, -0.05) is 84.4 Å². The minimum absolute atomic E-state index is 0.0107. The summed E-state index contributed by atoms with van der Waals surface area (Å²) in [5, 5.41) is 11.0. The monoisotopic (exact) mass is 760 g/mol. The predicted octanol–water partition coefficient (Wildman–Crippen LogP) is 7.12. The lowest BCUT2D eigenvalue weighted by molar-refractivity contribution is -0.136. The van der Waals surface area contributed by atoms with E-state index >= 15 is 4.39 Å². The average Bonchev–Trinajstić information content (AvgIpc) is 3.75. The molecule has 4 aromatic carbocycles. The molecule has 11 nitrogen and oxygen atoms in total. The Morgan fingerprint density at radius 3 is 2.35 bits per heavy atom. The van der Waals surface area contributed by atoms with Crippen molar-refractivity contribution >= 4 is 41.2 Å². The molecule has 2 amide bonds. The molecule has 1 aromatic heterocycles. The molecule has 1 unspecified atom stereocenters. The van der Waals surface area contributed by atoms with E-state index < -0.39 is 17.8 Å². The van der Waals surface area contributed by atoms with Crippen LogP contribution in [0.1, 0.15) is 75.5 Å². The Hall–Kier alpha value is -6.01. The number of carbonyl (C=O) groups excluding carboxylic acids is 4. The maximum atomic E-state index is 15.4. The molecule has 0 N–H and O–H groups in total. The third-order valence-corrected chi connectivity index (χ3v) is 10.6. The van der Waals surface area contributed by atoms with Crippen molar-refractivity contribution in [3.63, 3.8) is 0 Å². The molecule has 2 aliphatic heterocycles. The summed E-state index contributed by atoms with van der Waals surface area (Å²) in [5.74, 6) is -1.37. The molecule has 7 rings (SSSR count). The number of benzene rings is 4. The fourth-order valence-electron chi connectivity index (χ4n) is 7.44. The van der Waals surface area contributed by atoms with Crippen LogP contribution in [-0.2, 0) is 33.8 Å². The third-order valence-electron chi connectivity index (χ3n) is 10.3. The maximum absolute atomic E-state index is 15.4. The number of Topliss-reactive ketones (excluding diaryl/α,β-unsaturated/α-hetero) is 2. The zero-order valence-corrected chi connectivity index (χ0v) is 30.9. The van der Waals surface area contributed by atoms with Crippen LogP contribution in [0.25, 0.3) is 11.8 Å². The van der Waals surface area contributed by atoms with Crippen molar-refractivity contribution < 1.29 is 28.3 Å². The quantitative estimate of drug-likeness (QED) is 0.109. The number of amides is 2. The van der Waals surface area contributed by atoms with Crippen molar-refractivity contribution in [1.29, 1.82) is 0 Å². The molecule has 0 spiro atoms. The van der Waals surface area contributed by atoms with Crippen LogP contribution >= 0.6 is 11.6 Å². The molecule has 1 saturated heterocycles. The number of likely N-dealkylation sites (tertiary alicyclic amines) is 1. The molecule has 5 aromatic rings. The van der Waals surface area contributed by atoms with Gasteiger partial charge in [0.05, 0.1) is 10.7 Å². The van der Waals surface area contributed by atoms with Crippen LogP contribution < -0.4 is 0 Å². The number of ether oxygens (including phenoxy) is 1. The largest absolute Gasteiger partial charge is 0.445 e. The number of hydrogen-bond acceptors (Lipinski definition) is 8. The minimum atomic E-state index is -0.926. The standard InChI is InChI=1S/C42H38ClFN6O5/c1-27(51)30-12-10-28(11-13-30)24-38(52)41-34-9-5-8-32(31-18-21-48(22-19-31)42(54)55-25-29-6-3-2-4-7-29)33(34)20-23-49(41)39(53)17-14-35-37(50-26-45-46-47-50)16-15-36(43)40(35)44/h2-17,26,31,41H,18-25H2,1H3/b17-14+. The summed E-state index contributed by atoms with van der Waals surface area (Å²) in [5.41, 5.74) is 5.33. The summed E-state index contributed by atoms with van der Waals surface area (Å²) in [6.45, 7) is 3.00. The molecule has 13 heteroatoms. The summed E-state index contributed by atoms with van der Waals surface area (Å²) in [6, 6.07) is 24.3. The fraction of sp³-hybridized carbons (Fsp3) is 0.262. The topological polar surface area (TPSA) is 128 Å². The number of halogens is 2. The van der Waals surface area contributed by atoms with Crippen molar-refractivity contribution in [2.24, 2.45) is 0 Å². The molecular weight excluding hydrogens is 723 g/mol. The fourth-order valence-corrected chi connectivity index (χ4v) is 7.60. The molecule has 55 heavy (non-hydrogen) atoms. The van der Waals surface area contributed by atoms with Crippen molar-refractivity contribution in [2.45, 2.75) is 51.2 Å². The highest BCUT2D eigenvalue weighted by atomic mass is 35.5. The van der Waals surface area contributed by atoms with Crippen LogP contribution in [0, 0.1) is 5.82 Å². The number of fused-ring (bicyclic) bond motifs is 1. The van der Waals surface area contributed by atoms with Gasteiger partial charge in [0.25, 0.3) is 0 Å². The summed E-state index contributed by atoms with van der Waals surface area (Å²) in [7, 11) is 0. The van der Waals surface area contributed by atoms with Gasteiger partial charge in [-0.05, 0) is 88.6 Å². The second-order valence-electron chi connectivity index (χ2n) is 13.7. The van der Waals surface area contributed by atoms with E-state index in [0.29, 0.717) is 30.6 Å². The van der Waals surface area contributed by atoms with E-state index in [9.17, 15) is 19.2 Å². The molecule has 0 aliphatic carbocycles. The van der Waals surface area contributed by atoms with Gasteiger partial charge in [-0.25, -0.2) is 9.18 Å². The highest BCUT2D eigenvalue weighted by Gasteiger charge is 2.37. The zero-order valence-electron chi connectivity index (χ0n) is 30.1. The Kier molecular flexibility index (Phi) is 11.2. The molecule has 1 fully saturated rings. The lowest BCUT2D eigenvalue weighted by atomic mass is 9.79. The first kappa shape index (κ1) is 37.3. The van der Waals surface area contributed by atoms with Gasteiger partial charge in [-0.15, -0.1) is 5.10 Å². The first-order chi connectivity index (χ1) is 26.7. The number of carbonyl (C=O) groups is 4. The average molecular weight is 761 g/mol. The summed E-state index contributed by atoms with van der Waals surface area (Å²) in [6.07, 6.45) is 5.50. The lowest BCUT2D eigenvalue weighted by Gasteiger charge is -2.39. The van der Waals surface area contributed by atoms with E-state index in [1.165, 1.54) is 41.1 Å². The lowest BCUT2D eigenvalue weighted by Crippen LogP contribution is -2.44. The van der Waals surface area contributed by atoms with Crippen LogP contribution in [0.15, 0.2) is 97.3 Å². The first-order valence-electron chi connectivity index (χ1n) is 18.1. The van der Waals surface area contributed by atoms with Gasteiger partial charge in [-0.3, -0.25) is 14.4 Å². The van der Waals surface area contributed by atoms with Crippen LogP contribution in [0.2, 0.25) is 5.02 Å². The van der Waals surface area contributed by atoms with E-state index in [4.69, 9.17) is 16.3 Å². The smallest absolute Gasteiger partial charge is 0.410 e. The van der Waals surface area contributed by atoms with Crippen molar-refractivity contribution in [3.05, 3.63) is 147 Å². The molecule has 0 saturated carbocycles. The minimum Gasteiger partial charge on any atom is -0.445 e. The summed E-state index contributed by atoms with van der Waals surface area (Å²) in [4.78, 5) is 56.5. The van der Waals surface area contributed by atoms with Gasteiger partial charge in [0, 0.05) is 43.3 Å². The van der Waals surface area contributed by atoms with Crippen LogP contribution in [0.4, 0.5) is 9.18 Å². The van der Waals surface area contributed by atoms with Crippen molar-refractivity contribution in [2.75, 3.05) is 19.6 Å². The number of tetrazole rings is 1. The Labute approximate surface area is 322 Å². The SMILES string of the molecule is CC(=O)c1ccc(CC(=O)C2c3cccc(C4CCN(C(=O)OCc5ccccc5)CC4)c3CCN2C(=O)/C=C/c2c(-n3cnnn3)ccc(Cl)c2F)cc1. The second kappa shape index (κ2) is 16.6. The van der Waals surface area contributed by atoms with Crippen LogP contribution in [0.5, 0.6) is 0 Å². The van der Waals surface area contributed by atoms with E-state index in [2.05, 4.69) is 21.6 Å². The molecule has 280 valence electrons. The predicted molar refractivity (Wildman–Crippen MR) is 203 cm³/mol. The van der Waals surface area contributed by atoms with Crippen LogP contribution in [-0.4, -0.2) is 73.2 Å². The Morgan fingerprint density at radius 1 is 0.891 bits per heavy atom. The molecule has 0 radical (unpaired) electrons. The number of hydrogen-bond donors (Lipinski definition) is 0. The number of rotatable bonds is 10. The van der Waals surface area contributed by atoms with E-state index in [1.54, 1.807) is 35.2 Å². The van der Waals surface area contributed by atoms with Gasteiger partial charge in [0.1, 0.15) is 19.0 Å². The second-order valence-corrected chi connectivity index (χ2v) is 14.1. The number of nitrogens with zero attached hydrogens (tertiary/aromatic N) is 6. The molecular formula is C42H38ClFN6O5. The summed E-state index contributed by atoms with van der Waals surface area (Å²) < 4.78 is 22.2. The highest BCUT2D eigenvalue weighted by Crippen LogP contribution is 2.39. The van der Waals surface area contributed by atoms with Gasteiger partial charge >= 0.3 is 6.09 Å². The normalized spacial score (nSPS) is 15.9. The molecule has 1 atom stereocenters. The molecule has 0 bridgehead atoms. The Bertz CT molecular complexity index is 2240. The number of aromatic nitrogens is 4. The van der Waals surface area contributed by atoms with Gasteiger partial charge in [-0.2, -0.15) is 4.68 Å². The Morgan fingerprint density at radius 2 is 1.64 bits per heavy atom. The van der Waals surface area contributed by atoms with Gasteiger partial charge in [0.15, 0.2) is 17.4 Å². The third kappa shape index (κ3) is 8.24. The molecule has 2 aliphatic rings. The summed E-state index contributed by atoms with van der Waals surface area (Å²) >= 11 is 6.12. The number of ketones is 2. The number of piperidine rings is 1. The van der Waals surface area contributed by atoms with E-state index in [0.717, 1.165) is 35.1 Å². The van der Waals surface area contributed by atoms with Gasteiger partial charge in [0.2, 0.25) is 5.91 Å². The highest BCUT2D eigenvalue weighted by molar-refractivity contribution is 6.31. The molecule has 3 heterocycles. The van der Waals surface area contributed by atoms with Crippen molar-refractivity contribution in [1.82, 2.24) is 30.0 Å². The maximum Gasteiger partial charge on any atom is 0.410 e. The zero-order chi connectivity index (χ0) is 38.5.